The Hall–Kier alpha value is -1.10. The van der Waals surface area contributed by atoms with Gasteiger partial charge in [-0.2, -0.15) is 0 Å². The largest absolute Gasteiger partial charge is 0.339 e. The molecule has 0 bridgehead atoms. The van der Waals surface area contributed by atoms with Crippen molar-refractivity contribution in [3.63, 3.8) is 0 Å². The van der Waals surface area contributed by atoms with Gasteiger partial charge in [-0.25, -0.2) is 0 Å². The summed E-state index contributed by atoms with van der Waals surface area (Å²) in [6.45, 7) is 9.15. The lowest BCUT2D eigenvalue weighted by atomic mass is 10.1. The van der Waals surface area contributed by atoms with Gasteiger partial charge in [-0.15, -0.1) is 13.2 Å². The Kier molecular flexibility index (Phi) is 9.87. The van der Waals surface area contributed by atoms with E-state index < -0.39 is 0 Å². The van der Waals surface area contributed by atoms with Gasteiger partial charge < -0.3 is 4.90 Å². The molecule has 0 aliphatic rings. The molecule has 0 spiro atoms. The molecular weight excluding hydrogens is 385 g/mol. The first kappa shape index (κ1) is 18.9. The van der Waals surface area contributed by atoms with Gasteiger partial charge in [0.2, 0.25) is 0 Å². The van der Waals surface area contributed by atoms with Crippen LogP contribution in [0, 0.1) is 3.57 Å². The molecule has 0 saturated carbocycles. The van der Waals surface area contributed by atoms with Crippen molar-refractivity contribution in [2.24, 2.45) is 0 Å². The molecule has 1 amide bonds. The van der Waals surface area contributed by atoms with Crippen LogP contribution in [0.25, 0.3) is 0 Å². The number of unbranched alkanes of at least 4 members (excludes halogenated alkanes) is 4. The molecule has 2 nitrogen and oxygen atoms in total. The Bertz CT molecular complexity index is 468. The van der Waals surface area contributed by atoms with E-state index in [0.29, 0.717) is 0 Å². The van der Waals surface area contributed by atoms with Gasteiger partial charge in [0.05, 0.1) is 5.56 Å². The second-order valence-corrected chi connectivity index (χ2v) is 6.50. The highest BCUT2D eigenvalue weighted by Crippen LogP contribution is 2.15. The number of nitrogens with zero attached hydrogens (tertiary/aromatic N) is 1. The van der Waals surface area contributed by atoms with Crippen molar-refractivity contribution in [2.75, 3.05) is 13.1 Å². The fourth-order valence-electron chi connectivity index (χ4n) is 2.30. The fourth-order valence-corrected chi connectivity index (χ4v) is 2.92. The fraction of sp³-hybridized carbons (Fsp3) is 0.421. The van der Waals surface area contributed by atoms with Crippen LogP contribution in [-0.4, -0.2) is 23.9 Å². The number of carbonyl (C=O) groups is 1. The molecule has 3 heteroatoms. The van der Waals surface area contributed by atoms with Crippen molar-refractivity contribution in [3.8, 4) is 0 Å². The zero-order chi connectivity index (χ0) is 16.2. The predicted octanol–water partition coefficient (Wildman–Crippen LogP) is 5.45. The SMILES string of the molecule is C=CCCCCN(CCCCC=C)C(=O)c1ccccc1I. The van der Waals surface area contributed by atoms with Crippen LogP contribution in [-0.2, 0) is 0 Å². The Morgan fingerprint density at radius 1 is 1.00 bits per heavy atom. The van der Waals surface area contributed by atoms with Crippen LogP contribution >= 0.6 is 22.6 Å². The summed E-state index contributed by atoms with van der Waals surface area (Å²) in [4.78, 5) is 14.8. The highest BCUT2D eigenvalue weighted by molar-refractivity contribution is 14.1. The lowest BCUT2D eigenvalue weighted by Crippen LogP contribution is -2.33. The Morgan fingerprint density at radius 3 is 2.05 bits per heavy atom. The van der Waals surface area contributed by atoms with Crippen LogP contribution in [0.2, 0.25) is 0 Å². The normalized spacial score (nSPS) is 10.2. The van der Waals surface area contributed by atoms with E-state index >= 15 is 0 Å². The van der Waals surface area contributed by atoms with Gasteiger partial charge in [0.25, 0.3) is 5.91 Å². The minimum absolute atomic E-state index is 0.155. The Labute approximate surface area is 148 Å². The highest BCUT2D eigenvalue weighted by atomic mass is 127. The molecule has 0 aliphatic carbocycles. The average molecular weight is 411 g/mol. The summed E-state index contributed by atoms with van der Waals surface area (Å²) >= 11 is 2.24. The quantitative estimate of drug-likeness (QED) is 0.270. The molecule has 1 aromatic rings. The molecule has 1 aromatic carbocycles. The first-order valence-corrected chi connectivity index (χ1v) is 9.04. The monoisotopic (exact) mass is 411 g/mol. The van der Waals surface area contributed by atoms with E-state index in [4.69, 9.17) is 0 Å². The molecule has 0 N–H and O–H groups in total. The molecule has 1 rings (SSSR count). The topological polar surface area (TPSA) is 20.3 Å². The maximum atomic E-state index is 12.8. The zero-order valence-corrected chi connectivity index (χ0v) is 15.4. The lowest BCUT2D eigenvalue weighted by Gasteiger charge is -2.23. The number of allylic oxidation sites excluding steroid dienone is 2. The third-order valence-electron chi connectivity index (χ3n) is 3.56. The summed E-state index contributed by atoms with van der Waals surface area (Å²) in [5.41, 5.74) is 0.815. The smallest absolute Gasteiger partial charge is 0.254 e. The van der Waals surface area contributed by atoms with Gasteiger partial charge in [0, 0.05) is 16.7 Å². The van der Waals surface area contributed by atoms with Crippen LogP contribution in [0.4, 0.5) is 0 Å². The van der Waals surface area contributed by atoms with Crippen molar-refractivity contribution < 1.29 is 4.79 Å². The molecule has 22 heavy (non-hydrogen) atoms. The molecule has 0 fully saturated rings. The maximum absolute atomic E-state index is 12.8. The van der Waals surface area contributed by atoms with Gasteiger partial charge in [-0.1, -0.05) is 24.3 Å². The molecular formula is C19H26INO. The molecule has 0 aromatic heterocycles. The molecule has 0 saturated heterocycles. The van der Waals surface area contributed by atoms with E-state index in [0.717, 1.165) is 60.7 Å². The Morgan fingerprint density at radius 2 is 1.55 bits per heavy atom. The van der Waals surface area contributed by atoms with E-state index in [9.17, 15) is 4.79 Å². The van der Waals surface area contributed by atoms with Crippen molar-refractivity contribution in [1.29, 1.82) is 0 Å². The number of halogens is 1. The molecule has 0 aliphatic heterocycles. The van der Waals surface area contributed by atoms with E-state index in [1.807, 2.05) is 41.3 Å². The third-order valence-corrected chi connectivity index (χ3v) is 4.50. The van der Waals surface area contributed by atoms with Crippen molar-refractivity contribution in [1.82, 2.24) is 4.90 Å². The van der Waals surface area contributed by atoms with Crippen molar-refractivity contribution in [3.05, 3.63) is 58.7 Å². The standard InChI is InChI=1S/C19H26INO/c1-3-5-7-11-15-21(16-12-8-6-4-2)19(22)17-13-9-10-14-18(17)20/h3-4,9-10,13-14H,1-2,5-8,11-12,15-16H2. The number of carbonyl (C=O) groups excluding carboxylic acids is 1. The number of rotatable bonds is 11. The van der Waals surface area contributed by atoms with Gasteiger partial charge >= 0.3 is 0 Å². The van der Waals surface area contributed by atoms with Crippen molar-refractivity contribution >= 4 is 28.5 Å². The van der Waals surface area contributed by atoms with E-state index in [2.05, 4.69) is 35.7 Å². The molecule has 0 unspecified atom stereocenters. The number of benzene rings is 1. The van der Waals surface area contributed by atoms with Gasteiger partial charge in [-0.05, 0) is 73.2 Å². The third kappa shape index (κ3) is 6.77. The molecule has 0 heterocycles. The number of hydrogen-bond acceptors (Lipinski definition) is 1. The Balaban J connectivity index is 2.65. The number of amides is 1. The molecule has 0 radical (unpaired) electrons. The minimum Gasteiger partial charge on any atom is -0.339 e. The van der Waals surface area contributed by atoms with Gasteiger partial charge in [0.15, 0.2) is 0 Å². The summed E-state index contributed by atoms with van der Waals surface area (Å²) in [6.07, 6.45) is 10.2. The summed E-state index contributed by atoms with van der Waals surface area (Å²) in [5.74, 6) is 0.155. The van der Waals surface area contributed by atoms with Crippen LogP contribution in [0.15, 0.2) is 49.6 Å². The first-order valence-electron chi connectivity index (χ1n) is 7.96. The van der Waals surface area contributed by atoms with Crippen LogP contribution in [0.1, 0.15) is 48.9 Å². The zero-order valence-electron chi connectivity index (χ0n) is 13.3. The lowest BCUT2D eigenvalue weighted by molar-refractivity contribution is 0.0749. The van der Waals surface area contributed by atoms with E-state index in [1.165, 1.54) is 0 Å². The van der Waals surface area contributed by atoms with E-state index in [-0.39, 0.29) is 5.91 Å². The van der Waals surface area contributed by atoms with Crippen LogP contribution < -0.4 is 0 Å². The predicted molar refractivity (Wildman–Crippen MR) is 103 cm³/mol. The van der Waals surface area contributed by atoms with E-state index in [1.54, 1.807) is 0 Å². The summed E-state index contributed by atoms with van der Waals surface area (Å²) < 4.78 is 1.02. The second-order valence-electron chi connectivity index (χ2n) is 5.34. The summed E-state index contributed by atoms with van der Waals surface area (Å²) in [7, 11) is 0. The summed E-state index contributed by atoms with van der Waals surface area (Å²) in [6, 6.07) is 7.81. The minimum atomic E-state index is 0.155. The van der Waals surface area contributed by atoms with Crippen molar-refractivity contribution in [2.45, 2.75) is 38.5 Å². The first-order chi connectivity index (χ1) is 10.7. The average Bonchev–Trinajstić information content (AvgIpc) is 2.53. The maximum Gasteiger partial charge on any atom is 0.254 e. The highest BCUT2D eigenvalue weighted by Gasteiger charge is 2.17. The van der Waals surface area contributed by atoms with Gasteiger partial charge in [-0.3, -0.25) is 4.79 Å². The second kappa shape index (κ2) is 11.5. The van der Waals surface area contributed by atoms with Gasteiger partial charge in [0.1, 0.15) is 0 Å². The number of hydrogen-bond donors (Lipinski definition) is 0. The molecule has 120 valence electrons. The van der Waals surface area contributed by atoms with Crippen LogP contribution in [0.3, 0.4) is 0 Å². The molecule has 0 atom stereocenters. The summed E-state index contributed by atoms with van der Waals surface area (Å²) in [5, 5.41) is 0. The van der Waals surface area contributed by atoms with Crippen LogP contribution in [0.5, 0.6) is 0 Å².